The molecule has 0 spiro atoms. The standard InChI is InChI=1S/C14H17FN2OS/c1-7(2)12-14(19-17-16-12)13(18)11-9(4)5-8(3)6-10(11)15/h5-7,13,18H,1-4H3. The largest absolute Gasteiger partial charge is 0.383 e. The molecule has 0 fully saturated rings. The lowest BCUT2D eigenvalue weighted by Crippen LogP contribution is -2.07. The van der Waals surface area contributed by atoms with Gasteiger partial charge in [0.25, 0.3) is 0 Å². The maximum Gasteiger partial charge on any atom is 0.129 e. The minimum Gasteiger partial charge on any atom is -0.383 e. The quantitative estimate of drug-likeness (QED) is 0.936. The summed E-state index contributed by atoms with van der Waals surface area (Å²) in [4.78, 5) is 0.626. The van der Waals surface area contributed by atoms with E-state index in [0.717, 1.165) is 28.4 Å². The Morgan fingerprint density at radius 2 is 1.95 bits per heavy atom. The van der Waals surface area contributed by atoms with Crippen molar-refractivity contribution >= 4 is 11.5 Å². The molecule has 1 unspecified atom stereocenters. The van der Waals surface area contributed by atoms with E-state index in [9.17, 15) is 9.50 Å². The summed E-state index contributed by atoms with van der Waals surface area (Å²) in [5, 5.41) is 14.5. The molecule has 1 aromatic carbocycles. The predicted octanol–water partition coefficient (Wildman–Crippen LogP) is 3.50. The van der Waals surface area contributed by atoms with Gasteiger partial charge >= 0.3 is 0 Å². The third-order valence-corrected chi connectivity index (χ3v) is 3.88. The minimum absolute atomic E-state index is 0.150. The molecule has 1 heterocycles. The number of aromatic nitrogens is 2. The Balaban J connectivity index is 2.50. The third-order valence-electron chi connectivity index (χ3n) is 3.09. The maximum atomic E-state index is 14.1. The molecule has 1 N–H and O–H groups in total. The van der Waals surface area contributed by atoms with E-state index in [4.69, 9.17) is 0 Å². The average Bonchev–Trinajstić information content (AvgIpc) is 2.75. The van der Waals surface area contributed by atoms with Crippen molar-refractivity contribution in [2.75, 3.05) is 0 Å². The molecule has 5 heteroatoms. The number of aliphatic hydroxyl groups excluding tert-OH is 1. The number of benzene rings is 1. The zero-order valence-electron chi connectivity index (χ0n) is 11.4. The molecule has 0 saturated carbocycles. The monoisotopic (exact) mass is 280 g/mol. The first-order valence-corrected chi connectivity index (χ1v) is 6.96. The third kappa shape index (κ3) is 2.67. The fraction of sp³-hybridized carbons (Fsp3) is 0.429. The first-order valence-electron chi connectivity index (χ1n) is 6.18. The van der Waals surface area contributed by atoms with Crippen LogP contribution in [0.4, 0.5) is 4.39 Å². The fourth-order valence-corrected chi connectivity index (χ4v) is 3.00. The molecule has 2 aromatic rings. The molecule has 0 saturated heterocycles. The van der Waals surface area contributed by atoms with Crippen molar-refractivity contribution in [2.45, 2.75) is 39.7 Å². The molecule has 0 radical (unpaired) electrons. The van der Waals surface area contributed by atoms with Crippen LogP contribution in [0.25, 0.3) is 0 Å². The van der Waals surface area contributed by atoms with Gasteiger partial charge in [0.1, 0.15) is 11.9 Å². The molecular weight excluding hydrogens is 263 g/mol. The van der Waals surface area contributed by atoms with Gasteiger partial charge in [-0.2, -0.15) is 0 Å². The maximum absolute atomic E-state index is 14.1. The normalized spacial score (nSPS) is 13.0. The molecular formula is C14H17FN2OS. The van der Waals surface area contributed by atoms with Crippen LogP contribution in [-0.4, -0.2) is 14.7 Å². The van der Waals surface area contributed by atoms with Crippen molar-refractivity contribution in [2.24, 2.45) is 0 Å². The smallest absolute Gasteiger partial charge is 0.129 e. The second-order valence-electron chi connectivity index (χ2n) is 5.06. The van der Waals surface area contributed by atoms with Gasteiger partial charge in [0.15, 0.2) is 0 Å². The molecule has 1 atom stereocenters. The summed E-state index contributed by atoms with van der Waals surface area (Å²) in [5.41, 5.74) is 2.64. The van der Waals surface area contributed by atoms with Gasteiger partial charge in [0.05, 0.1) is 10.6 Å². The lowest BCUT2D eigenvalue weighted by Gasteiger charge is -2.15. The zero-order valence-corrected chi connectivity index (χ0v) is 12.3. The van der Waals surface area contributed by atoms with Gasteiger partial charge in [-0.1, -0.05) is 24.4 Å². The Morgan fingerprint density at radius 3 is 2.53 bits per heavy atom. The number of rotatable bonds is 3. The summed E-state index contributed by atoms with van der Waals surface area (Å²) in [7, 11) is 0. The van der Waals surface area contributed by atoms with E-state index in [-0.39, 0.29) is 11.7 Å². The van der Waals surface area contributed by atoms with E-state index >= 15 is 0 Å². The summed E-state index contributed by atoms with van der Waals surface area (Å²) in [6.45, 7) is 7.59. The summed E-state index contributed by atoms with van der Waals surface area (Å²) in [6.07, 6.45) is -1.00. The van der Waals surface area contributed by atoms with E-state index < -0.39 is 6.10 Å². The molecule has 0 aliphatic carbocycles. The first kappa shape index (κ1) is 14.1. The molecule has 2 rings (SSSR count). The molecule has 19 heavy (non-hydrogen) atoms. The molecule has 102 valence electrons. The summed E-state index contributed by atoms with van der Waals surface area (Å²) in [5.74, 6) is -0.231. The molecule has 0 amide bonds. The number of hydrogen-bond acceptors (Lipinski definition) is 4. The highest BCUT2D eigenvalue weighted by Crippen LogP contribution is 2.33. The number of aliphatic hydroxyl groups is 1. The number of hydrogen-bond donors (Lipinski definition) is 1. The number of nitrogens with zero attached hydrogens (tertiary/aromatic N) is 2. The van der Waals surface area contributed by atoms with Crippen LogP contribution in [0, 0.1) is 19.7 Å². The van der Waals surface area contributed by atoms with Gasteiger partial charge in [-0.25, -0.2) is 4.39 Å². The van der Waals surface area contributed by atoms with Crippen LogP contribution in [0.2, 0.25) is 0 Å². The second-order valence-corrected chi connectivity index (χ2v) is 5.84. The number of halogens is 1. The zero-order chi connectivity index (χ0) is 14.2. The van der Waals surface area contributed by atoms with Crippen molar-refractivity contribution in [1.82, 2.24) is 9.59 Å². The summed E-state index contributed by atoms with van der Waals surface area (Å²) in [6, 6.07) is 3.31. The van der Waals surface area contributed by atoms with Crippen LogP contribution >= 0.6 is 11.5 Å². The molecule has 3 nitrogen and oxygen atoms in total. The van der Waals surface area contributed by atoms with Crippen molar-refractivity contribution in [3.05, 3.63) is 45.2 Å². The van der Waals surface area contributed by atoms with Crippen LogP contribution in [0.5, 0.6) is 0 Å². The second kappa shape index (κ2) is 5.35. The molecule has 0 aliphatic rings. The number of aryl methyl sites for hydroxylation is 2. The lowest BCUT2D eigenvalue weighted by molar-refractivity contribution is 0.216. The van der Waals surface area contributed by atoms with Gasteiger partial charge in [-0.3, -0.25) is 0 Å². The van der Waals surface area contributed by atoms with E-state index in [1.165, 1.54) is 6.07 Å². The van der Waals surface area contributed by atoms with Crippen molar-refractivity contribution < 1.29 is 9.50 Å². The highest BCUT2D eigenvalue weighted by molar-refractivity contribution is 7.05. The molecule has 1 aromatic heterocycles. The van der Waals surface area contributed by atoms with Crippen LogP contribution in [0.3, 0.4) is 0 Å². The fourth-order valence-electron chi connectivity index (χ4n) is 2.20. The Morgan fingerprint density at radius 1 is 1.26 bits per heavy atom. The van der Waals surface area contributed by atoms with Gasteiger partial charge in [-0.05, 0) is 48.5 Å². The van der Waals surface area contributed by atoms with Crippen molar-refractivity contribution in [3.8, 4) is 0 Å². The highest BCUT2D eigenvalue weighted by Gasteiger charge is 2.24. The Bertz CT molecular complexity index is 572. The van der Waals surface area contributed by atoms with E-state index in [1.807, 2.05) is 26.8 Å². The molecule has 0 bridgehead atoms. The van der Waals surface area contributed by atoms with Crippen LogP contribution in [0.1, 0.15) is 53.1 Å². The van der Waals surface area contributed by atoms with Gasteiger partial charge in [0.2, 0.25) is 0 Å². The summed E-state index contributed by atoms with van der Waals surface area (Å²) < 4.78 is 18.0. The summed E-state index contributed by atoms with van der Waals surface area (Å²) >= 11 is 1.12. The van der Waals surface area contributed by atoms with E-state index in [2.05, 4.69) is 9.59 Å². The van der Waals surface area contributed by atoms with Crippen LogP contribution in [0.15, 0.2) is 12.1 Å². The molecule has 0 aliphatic heterocycles. The van der Waals surface area contributed by atoms with Gasteiger partial charge < -0.3 is 5.11 Å². The van der Waals surface area contributed by atoms with Crippen LogP contribution in [-0.2, 0) is 0 Å². The van der Waals surface area contributed by atoms with Crippen molar-refractivity contribution in [3.63, 3.8) is 0 Å². The average molecular weight is 280 g/mol. The van der Waals surface area contributed by atoms with Crippen molar-refractivity contribution in [1.29, 1.82) is 0 Å². The van der Waals surface area contributed by atoms with Gasteiger partial charge in [-0.15, -0.1) is 5.10 Å². The van der Waals surface area contributed by atoms with Crippen LogP contribution < -0.4 is 0 Å². The SMILES string of the molecule is Cc1cc(C)c(C(O)c2snnc2C(C)C)c(F)c1. The first-order chi connectivity index (χ1) is 8.91. The van der Waals surface area contributed by atoms with E-state index in [0.29, 0.717) is 10.4 Å². The predicted molar refractivity (Wildman–Crippen MR) is 73.9 cm³/mol. The Labute approximate surface area is 116 Å². The lowest BCUT2D eigenvalue weighted by atomic mass is 9.97. The Kier molecular flexibility index (Phi) is 3.96. The van der Waals surface area contributed by atoms with Gasteiger partial charge in [0, 0.05) is 5.56 Å². The highest BCUT2D eigenvalue weighted by atomic mass is 32.1. The minimum atomic E-state index is -1.00. The topological polar surface area (TPSA) is 46.0 Å². The Hall–Kier alpha value is -1.33. The van der Waals surface area contributed by atoms with E-state index in [1.54, 1.807) is 6.92 Å².